The summed E-state index contributed by atoms with van der Waals surface area (Å²) in [6.07, 6.45) is 2.38. The van der Waals surface area contributed by atoms with Crippen LogP contribution in [0.2, 0.25) is 0 Å². The van der Waals surface area contributed by atoms with E-state index in [9.17, 15) is 4.79 Å². The summed E-state index contributed by atoms with van der Waals surface area (Å²) in [5, 5.41) is 0. The van der Waals surface area contributed by atoms with Crippen molar-refractivity contribution in [3.05, 3.63) is 0 Å². The zero-order valence-electron chi connectivity index (χ0n) is 8.57. The van der Waals surface area contributed by atoms with Gasteiger partial charge in [-0.2, -0.15) is 0 Å². The van der Waals surface area contributed by atoms with Crippen molar-refractivity contribution in [3.63, 3.8) is 0 Å². The topological polar surface area (TPSA) is 84.7 Å². The van der Waals surface area contributed by atoms with E-state index in [2.05, 4.69) is 4.99 Å². The molecule has 1 aliphatic heterocycles. The van der Waals surface area contributed by atoms with Gasteiger partial charge in [0.25, 0.3) is 0 Å². The van der Waals surface area contributed by atoms with E-state index in [-0.39, 0.29) is 17.9 Å². The second kappa shape index (κ2) is 4.83. The molecule has 0 aromatic heterocycles. The standard InChI is InChI=1S/C9H18N4O/c1-2-3-8(14)13-5-4-7(6-13)12-9(10)11/h7H,2-6H2,1H3,(H4,10,11,12). The lowest BCUT2D eigenvalue weighted by atomic mass is 10.3. The summed E-state index contributed by atoms with van der Waals surface area (Å²) in [5.74, 6) is 0.320. The molecule has 5 heteroatoms. The molecule has 0 spiro atoms. The highest BCUT2D eigenvalue weighted by atomic mass is 16.2. The van der Waals surface area contributed by atoms with Gasteiger partial charge in [-0.05, 0) is 12.8 Å². The van der Waals surface area contributed by atoms with Crippen LogP contribution in [0, 0.1) is 0 Å². The van der Waals surface area contributed by atoms with E-state index in [1.54, 1.807) is 0 Å². The maximum atomic E-state index is 11.5. The van der Waals surface area contributed by atoms with Crippen molar-refractivity contribution in [2.75, 3.05) is 13.1 Å². The molecule has 4 N–H and O–H groups in total. The SMILES string of the molecule is CCCC(=O)N1CCC(N=C(N)N)C1. The van der Waals surface area contributed by atoms with Crippen LogP contribution in [0.15, 0.2) is 4.99 Å². The van der Waals surface area contributed by atoms with Gasteiger partial charge in [0, 0.05) is 19.5 Å². The van der Waals surface area contributed by atoms with Crippen LogP contribution in [0.3, 0.4) is 0 Å². The molecule has 0 saturated carbocycles. The van der Waals surface area contributed by atoms with E-state index in [4.69, 9.17) is 11.5 Å². The molecule has 0 aliphatic carbocycles. The minimum absolute atomic E-state index is 0.0980. The second-order valence-corrected chi connectivity index (χ2v) is 3.59. The third kappa shape index (κ3) is 2.90. The van der Waals surface area contributed by atoms with Crippen LogP contribution in [0.1, 0.15) is 26.2 Å². The van der Waals surface area contributed by atoms with E-state index in [1.165, 1.54) is 0 Å². The molecule has 1 aliphatic rings. The first-order valence-corrected chi connectivity index (χ1v) is 5.00. The number of likely N-dealkylation sites (tertiary alicyclic amines) is 1. The summed E-state index contributed by atoms with van der Waals surface area (Å²) in [5.41, 5.74) is 10.6. The first-order valence-electron chi connectivity index (χ1n) is 5.00. The monoisotopic (exact) mass is 198 g/mol. The van der Waals surface area contributed by atoms with Crippen LogP contribution in [0.25, 0.3) is 0 Å². The third-order valence-corrected chi connectivity index (χ3v) is 2.31. The minimum atomic E-state index is 0.0980. The molecule has 14 heavy (non-hydrogen) atoms. The number of carbonyl (C=O) groups is 1. The van der Waals surface area contributed by atoms with E-state index in [0.29, 0.717) is 13.0 Å². The number of rotatable bonds is 3. The highest BCUT2D eigenvalue weighted by Gasteiger charge is 2.24. The molecule has 5 nitrogen and oxygen atoms in total. The van der Waals surface area contributed by atoms with Gasteiger partial charge in [-0.25, -0.2) is 4.99 Å². The lowest BCUT2D eigenvalue weighted by Gasteiger charge is -2.14. The number of aliphatic imine (C=N–C) groups is 1. The Hall–Kier alpha value is -1.26. The largest absolute Gasteiger partial charge is 0.370 e. The average Bonchev–Trinajstić information content (AvgIpc) is 2.52. The van der Waals surface area contributed by atoms with Crippen LogP contribution in [0.5, 0.6) is 0 Å². The number of hydrogen-bond donors (Lipinski definition) is 2. The highest BCUT2D eigenvalue weighted by molar-refractivity contribution is 5.77. The molecule has 0 aromatic carbocycles. The number of nitrogens with zero attached hydrogens (tertiary/aromatic N) is 2. The molecule has 80 valence electrons. The number of guanidine groups is 1. The average molecular weight is 198 g/mol. The summed E-state index contributed by atoms with van der Waals surface area (Å²) < 4.78 is 0. The normalized spacial score (nSPS) is 20.9. The first-order chi connectivity index (χ1) is 6.63. The molecule has 1 rings (SSSR count). The van der Waals surface area contributed by atoms with Crippen LogP contribution >= 0.6 is 0 Å². The lowest BCUT2D eigenvalue weighted by Crippen LogP contribution is -2.30. The molecule has 1 amide bonds. The second-order valence-electron chi connectivity index (χ2n) is 3.59. The summed E-state index contributed by atoms with van der Waals surface area (Å²) in [7, 11) is 0. The molecule has 1 fully saturated rings. The lowest BCUT2D eigenvalue weighted by molar-refractivity contribution is -0.130. The molecule has 1 atom stereocenters. The maximum Gasteiger partial charge on any atom is 0.222 e. The fourth-order valence-corrected chi connectivity index (χ4v) is 1.66. The van der Waals surface area contributed by atoms with Gasteiger partial charge in [0.1, 0.15) is 0 Å². The van der Waals surface area contributed by atoms with Crippen molar-refractivity contribution in [2.24, 2.45) is 16.5 Å². The fraction of sp³-hybridized carbons (Fsp3) is 0.778. The fourth-order valence-electron chi connectivity index (χ4n) is 1.66. The summed E-state index contributed by atoms with van der Waals surface area (Å²) in [6.45, 7) is 3.44. The zero-order valence-corrected chi connectivity index (χ0v) is 8.57. The molecule has 0 aromatic rings. The van der Waals surface area contributed by atoms with Gasteiger partial charge in [-0.1, -0.05) is 6.92 Å². The Morgan fingerprint density at radius 2 is 2.29 bits per heavy atom. The Bertz CT molecular complexity index is 235. The maximum absolute atomic E-state index is 11.5. The molecule has 1 saturated heterocycles. The Labute approximate surface area is 84.1 Å². The van der Waals surface area contributed by atoms with Crippen molar-refractivity contribution in [3.8, 4) is 0 Å². The Morgan fingerprint density at radius 1 is 1.57 bits per heavy atom. The Balaban J connectivity index is 2.41. The van der Waals surface area contributed by atoms with Gasteiger partial charge in [0.05, 0.1) is 6.04 Å². The molecule has 0 radical (unpaired) electrons. The van der Waals surface area contributed by atoms with Crippen molar-refractivity contribution in [1.29, 1.82) is 0 Å². The smallest absolute Gasteiger partial charge is 0.222 e. The molecular weight excluding hydrogens is 180 g/mol. The van der Waals surface area contributed by atoms with Gasteiger partial charge in [-0.15, -0.1) is 0 Å². The van der Waals surface area contributed by atoms with Gasteiger partial charge in [0.15, 0.2) is 5.96 Å². The predicted octanol–water partition coefficient (Wildman–Crippen LogP) is -0.339. The van der Waals surface area contributed by atoms with E-state index >= 15 is 0 Å². The van der Waals surface area contributed by atoms with Gasteiger partial charge in [0.2, 0.25) is 5.91 Å². The predicted molar refractivity (Wildman–Crippen MR) is 55.7 cm³/mol. The summed E-state index contributed by atoms with van der Waals surface area (Å²) >= 11 is 0. The van der Waals surface area contributed by atoms with Crippen molar-refractivity contribution < 1.29 is 4.79 Å². The zero-order chi connectivity index (χ0) is 10.6. The molecule has 0 bridgehead atoms. The van der Waals surface area contributed by atoms with Gasteiger partial charge < -0.3 is 16.4 Å². The highest BCUT2D eigenvalue weighted by Crippen LogP contribution is 2.13. The van der Waals surface area contributed by atoms with E-state index < -0.39 is 0 Å². The quantitative estimate of drug-likeness (QED) is 0.480. The van der Waals surface area contributed by atoms with Crippen molar-refractivity contribution in [1.82, 2.24) is 4.90 Å². The Kier molecular flexibility index (Phi) is 3.73. The number of amides is 1. The molecule has 1 heterocycles. The van der Waals surface area contributed by atoms with Gasteiger partial charge in [-0.3, -0.25) is 4.79 Å². The van der Waals surface area contributed by atoms with Crippen LogP contribution in [0.4, 0.5) is 0 Å². The first kappa shape index (κ1) is 10.8. The van der Waals surface area contributed by atoms with Gasteiger partial charge >= 0.3 is 0 Å². The molecule has 1 unspecified atom stereocenters. The molecular formula is C9H18N4O. The van der Waals surface area contributed by atoms with E-state index in [0.717, 1.165) is 19.4 Å². The van der Waals surface area contributed by atoms with Crippen LogP contribution in [-0.4, -0.2) is 35.9 Å². The minimum Gasteiger partial charge on any atom is -0.370 e. The number of hydrogen-bond acceptors (Lipinski definition) is 2. The van der Waals surface area contributed by atoms with E-state index in [1.807, 2.05) is 11.8 Å². The van der Waals surface area contributed by atoms with Crippen LogP contribution < -0.4 is 11.5 Å². The third-order valence-electron chi connectivity index (χ3n) is 2.31. The van der Waals surface area contributed by atoms with Crippen molar-refractivity contribution >= 4 is 11.9 Å². The summed E-state index contributed by atoms with van der Waals surface area (Å²) in [4.78, 5) is 17.4. The Morgan fingerprint density at radius 3 is 2.86 bits per heavy atom. The summed E-state index contributed by atoms with van der Waals surface area (Å²) in [6, 6.07) is 0.0980. The van der Waals surface area contributed by atoms with Crippen molar-refractivity contribution in [2.45, 2.75) is 32.2 Å². The number of nitrogens with two attached hydrogens (primary N) is 2. The van der Waals surface area contributed by atoms with Crippen LogP contribution in [-0.2, 0) is 4.79 Å². The number of carbonyl (C=O) groups excluding carboxylic acids is 1.